The van der Waals surface area contributed by atoms with Gasteiger partial charge in [-0.25, -0.2) is 4.79 Å². The van der Waals surface area contributed by atoms with E-state index in [0.717, 1.165) is 4.57 Å². The largest absolute Gasteiger partial charge is 0.394 e. The van der Waals surface area contributed by atoms with Crippen LogP contribution in [0, 0.1) is 0 Å². The molecule has 0 aliphatic rings. The number of nitrogen functional groups attached to an aromatic ring is 1. The Morgan fingerprint density at radius 3 is 2.87 bits per heavy atom. The second-order valence-corrected chi connectivity index (χ2v) is 2.77. The van der Waals surface area contributed by atoms with Gasteiger partial charge in [0.1, 0.15) is 5.82 Å². The van der Waals surface area contributed by atoms with E-state index >= 15 is 0 Å². The van der Waals surface area contributed by atoms with Gasteiger partial charge in [-0.05, 0) is 6.07 Å². The van der Waals surface area contributed by atoms with Gasteiger partial charge in [-0.15, -0.1) is 0 Å². The van der Waals surface area contributed by atoms with Crippen LogP contribution in [0.5, 0.6) is 0 Å². The molecular weight excluding hydrogens is 202 g/mol. The SMILES string of the molecule is Nc1ccn(C(CO)OCCO)c(=O)n1. The molecule has 1 heterocycles. The molecule has 0 bridgehead atoms. The van der Waals surface area contributed by atoms with Crippen LogP contribution in [0.2, 0.25) is 0 Å². The summed E-state index contributed by atoms with van der Waals surface area (Å²) in [6, 6.07) is 1.42. The first-order valence-electron chi connectivity index (χ1n) is 4.37. The Hall–Kier alpha value is -1.44. The number of anilines is 1. The minimum Gasteiger partial charge on any atom is -0.394 e. The molecule has 1 unspecified atom stereocenters. The molecule has 0 radical (unpaired) electrons. The van der Waals surface area contributed by atoms with Crippen LogP contribution in [0.1, 0.15) is 6.23 Å². The van der Waals surface area contributed by atoms with Crippen molar-refractivity contribution in [2.24, 2.45) is 0 Å². The zero-order valence-corrected chi connectivity index (χ0v) is 8.04. The molecular formula is C8H13N3O4. The zero-order chi connectivity index (χ0) is 11.3. The van der Waals surface area contributed by atoms with E-state index in [0.29, 0.717) is 0 Å². The highest BCUT2D eigenvalue weighted by molar-refractivity contribution is 5.23. The second kappa shape index (κ2) is 5.44. The van der Waals surface area contributed by atoms with Crippen molar-refractivity contribution in [3.05, 3.63) is 22.7 Å². The lowest BCUT2D eigenvalue weighted by atomic mass is 10.5. The van der Waals surface area contributed by atoms with Crippen molar-refractivity contribution in [1.29, 1.82) is 0 Å². The zero-order valence-electron chi connectivity index (χ0n) is 8.04. The summed E-state index contributed by atoms with van der Waals surface area (Å²) < 4.78 is 6.13. The number of nitrogens with two attached hydrogens (primary N) is 1. The fourth-order valence-corrected chi connectivity index (χ4v) is 1.05. The van der Waals surface area contributed by atoms with Crippen LogP contribution in [-0.4, -0.2) is 39.6 Å². The Bertz CT molecular complexity index is 365. The van der Waals surface area contributed by atoms with E-state index in [-0.39, 0.29) is 25.6 Å². The van der Waals surface area contributed by atoms with E-state index in [1.807, 2.05) is 0 Å². The Morgan fingerprint density at radius 2 is 2.33 bits per heavy atom. The van der Waals surface area contributed by atoms with Crippen LogP contribution >= 0.6 is 0 Å². The van der Waals surface area contributed by atoms with Gasteiger partial charge in [0.2, 0.25) is 0 Å². The Balaban J connectivity index is 2.87. The number of aliphatic hydroxyl groups is 2. The minimum absolute atomic E-state index is 0.0298. The molecule has 0 amide bonds. The van der Waals surface area contributed by atoms with Crippen molar-refractivity contribution < 1.29 is 14.9 Å². The fraction of sp³-hybridized carbons (Fsp3) is 0.500. The first-order valence-corrected chi connectivity index (χ1v) is 4.37. The third-order valence-corrected chi connectivity index (χ3v) is 1.72. The topological polar surface area (TPSA) is 111 Å². The number of hydrogen-bond acceptors (Lipinski definition) is 6. The highest BCUT2D eigenvalue weighted by Crippen LogP contribution is 2.04. The van der Waals surface area contributed by atoms with Gasteiger partial charge in [0.15, 0.2) is 6.23 Å². The van der Waals surface area contributed by atoms with Gasteiger partial charge in [0, 0.05) is 6.20 Å². The number of rotatable bonds is 5. The number of aliphatic hydroxyl groups excluding tert-OH is 2. The molecule has 0 aliphatic heterocycles. The van der Waals surface area contributed by atoms with Crippen molar-refractivity contribution in [2.45, 2.75) is 6.23 Å². The average Bonchev–Trinajstić information content (AvgIpc) is 2.21. The van der Waals surface area contributed by atoms with Crippen LogP contribution in [-0.2, 0) is 4.74 Å². The summed E-state index contributed by atoms with van der Waals surface area (Å²) in [5, 5.41) is 17.5. The summed E-state index contributed by atoms with van der Waals surface area (Å²) in [5.74, 6) is 0.107. The maximum Gasteiger partial charge on any atom is 0.351 e. The van der Waals surface area contributed by atoms with E-state index in [9.17, 15) is 4.79 Å². The predicted octanol–water partition coefficient (Wildman–Crippen LogP) is -1.67. The summed E-state index contributed by atoms with van der Waals surface area (Å²) in [6.07, 6.45) is 0.529. The van der Waals surface area contributed by atoms with E-state index in [4.69, 9.17) is 20.7 Å². The Kier molecular flexibility index (Phi) is 4.22. The van der Waals surface area contributed by atoms with Crippen LogP contribution in [0.3, 0.4) is 0 Å². The van der Waals surface area contributed by atoms with Crippen LogP contribution in [0.15, 0.2) is 17.1 Å². The third-order valence-electron chi connectivity index (χ3n) is 1.72. The average molecular weight is 215 g/mol. The molecule has 1 aromatic heterocycles. The van der Waals surface area contributed by atoms with E-state index in [1.165, 1.54) is 12.3 Å². The number of ether oxygens (including phenoxy) is 1. The van der Waals surface area contributed by atoms with Gasteiger partial charge in [-0.3, -0.25) is 4.57 Å². The smallest absolute Gasteiger partial charge is 0.351 e. The summed E-state index contributed by atoms with van der Waals surface area (Å²) in [4.78, 5) is 14.8. The molecule has 7 nitrogen and oxygen atoms in total. The lowest BCUT2D eigenvalue weighted by Crippen LogP contribution is -2.31. The van der Waals surface area contributed by atoms with Crippen molar-refractivity contribution in [1.82, 2.24) is 9.55 Å². The molecule has 84 valence electrons. The molecule has 1 atom stereocenters. The molecule has 15 heavy (non-hydrogen) atoms. The van der Waals surface area contributed by atoms with E-state index in [2.05, 4.69) is 4.98 Å². The highest BCUT2D eigenvalue weighted by atomic mass is 16.5. The van der Waals surface area contributed by atoms with Crippen LogP contribution in [0.25, 0.3) is 0 Å². The number of nitrogens with zero attached hydrogens (tertiary/aromatic N) is 2. The van der Waals surface area contributed by atoms with Crippen LogP contribution in [0.4, 0.5) is 5.82 Å². The molecule has 4 N–H and O–H groups in total. The lowest BCUT2D eigenvalue weighted by Gasteiger charge is -2.16. The minimum atomic E-state index is -0.849. The maximum atomic E-state index is 11.3. The monoisotopic (exact) mass is 215 g/mol. The van der Waals surface area contributed by atoms with Crippen molar-refractivity contribution in [2.75, 3.05) is 25.6 Å². The maximum absolute atomic E-state index is 11.3. The number of aromatic nitrogens is 2. The van der Waals surface area contributed by atoms with Gasteiger partial charge >= 0.3 is 5.69 Å². The summed E-state index contributed by atoms with van der Waals surface area (Å²) in [7, 11) is 0. The van der Waals surface area contributed by atoms with Crippen molar-refractivity contribution in [3.8, 4) is 0 Å². The summed E-state index contributed by atoms with van der Waals surface area (Å²) in [6.45, 7) is -0.540. The molecule has 0 spiro atoms. The molecule has 0 saturated carbocycles. The molecule has 0 fully saturated rings. The second-order valence-electron chi connectivity index (χ2n) is 2.77. The standard InChI is InChI=1S/C8H13N3O4/c9-6-1-2-11(8(14)10-6)7(5-13)15-4-3-12/h1-2,7,12-13H,3-5H2,(H2,9,10,14). The summed E-state index contributed by atoms with van der Waals surface area (Å²) in [5.41, 5.74) is 4.70. The molecule has 1 rings (SSSR count). The quantitative estimate of drug-likeness (QED) is 0.541. The number of hydrogen-bond donors (Lipinski definition) is 3. The molecule has 0 aliphatic carbocycles. The van der Waals surface area contributed by atoms with Crippen molar-refractivity contribution >= 4 is 5.82 Å². The van der Waals surface area contributed by atoms with Gasteiger partial charge in [-0.1, -0.05) is 0 Å². The first-order chi connectivity index (χ1) is 7.19. The fourth-order valence-electron chi connectivity index (χ4n) is 1.05. The first kappa shape index (κ1) is 11.6. The Labute approximate surface area is 85.7 Å². The Morgan fingerprint density at radius 1 is 1.60 bits per heavy atom. The third kappa shape index (κ3) is 3.01. The molecule has 1 aromatic rings. The summed E-state index contributed by atoms with van der Waals surface area (Å²) >= 11 is 0. The van der Waals surface area contributed by atoms with E-state index in [1.54, 1.807) is 0 Å². The normalized spacial score (nSPS) is 12.7. The molecule has 7 heteroatoms. The van der Waals surface area contributed by atoms with Crippen molar-refractivity contribution in [3.63, 3.8) is 0 Å². The van der Waals surface area contributed by atoms with Crippen LogP contribution < -0.4 is 11.4 Å². The van der Waals surface area contributed by atoms with Gasteiger partial charge in [-0.2, -0.15) is 4.98 Å². The predicted molar refractivity (Wildman–Crippen MR) is 52.1 cm³/mol. The highest BCUT2D eigenvalue weighted by Gasteiger charge is 2.11. The van der Waals surface area contributed by atoms with E-state index < -0.39 is 11.9 Å². The molecule has 0 aromatic carbocycles. The van der Waals surface area contributed by atoms with Gasteiger partial charge in [0.25, 0.3) is 0 Å². The molecule has 0 saturated heterocycles. The van der Waals surface area contributed by atoms with Gasteiger partial charge in [0.05, 0.1) is 19.8 Å². The lowest BCUT2D eigenvalue weighted by molar-refractivity contribution is -0.0488. The van der Waals surface area contributed by atoms with Gasteiger partial charge < -0.3 is 20.7 Å².